The highest BCUT2D eigenvalue weighted by Gasteiger charge is 2.20. The number of nitriles is 1. The summed E-state index contributed by atoms with van der Waals surface area (Å²) in [5, 5.41) is 18.3. The van der Waals surface area contributed by atoms with Crippen LogP contribution in [0.25, 0.3) is 16.9 Å². The fraction of sp³-hybridized carbons (Fsp3) is 0.278. The number of aromatic nitrogens is 4. The van der Waals surface area contributed by atoms with E-state index in [1.54, 1.807) is 17.1 Å². The molecule has 1 aliphatic heterocycles. The molecule has 1 saturated heterocycles. The summed E-state index contributed by atoms with van der Waals surface area (Å²) in [5.41, 5.74) is 3.06. The molecule has 24 heavy (non-hydrogen) atoms. The summed E-state index contributed by atoms with van der Waals surface area (Å²) in [6.07, 6.45) is 8.49. The Bertz CT molecular complexity index is 868. The van der Waals surface area contributed by atoms with Crippen molar-refractivity contribution in [2.45, 2.75) is 25.5 Å². The highest BCUT2D eigenvalue weighted by atomic mass is 16.5. The molecule has 0 bridgehead atoms. The zero-order valence-electron chi connectivity index (χ0n) is 13.2. The maximum absolute atomic E-state index is 9.44. The Morgan fingerprint density at radius 2 is 2.00 bits per heavy atom. The van der Waals surface area contributed by atoms with Gasteiger partial charge in [0.15, 0.2) is 0 Å². The minimum absolute atomic E-state index is 0.0221. The lowest BCUT2D eigenvalue weighted by Gasteiger charge is -2.22. The van der Waals surface area contributed by atoms with E-state index >= 15 is 0 Å². The largest absolute Gasteiger partial charge is 0.357 e. The highest BCUT2D eigenvalue weighted by molar-refractivity contribution is 5.67. The van der Waals surface area contributed by atoms with E-state index in [-0.39, 0.29) is 6.23 Å². The molecule has 6 heteroatoms. The first-order valence-electron chi connectivity index (χ1n) is 8.06. The Morgan fingerprint density at radius 1 is 1.12 bits per heavy atom. The maximum Gasteiger partial charge on any atom is 0.150 e. The van der Waals surface area contributed by atoms with Gasteiger partial charge in [-0.15, -0.1) is 0 Å². The van der Waals surface area contributed by atoms with E-state index in [1.165, 1.54) is 0 Å². The summed E-state index contributed by atoms with van der Waals surface area (Å²) in [6, 6.07) is 12.0. The van der Waals surface area contributed by atoms with Gasteiger partial charge in [0, 0.05) is 18.4 Å². The average molecular weight is 319 g/mol. The van der Waals surface area contributed by atoms with Crippen LogP contribution in [0.1, 0.15) is 31.1 Å². The van der Waals surface area contributed by atoms with Gasteiger partial charge in [0.25, 0.3) is 0 Å². The number of ether oxygens (including phenoxy) is 1. The van der Waals surface area contributed by atoms with Gasteiger partial charge in [0.1, 0.15) is 12.3 Å². The topological polar surface area (TPSA) is 68.7 Å². The highest BCUT2D eigenvalue weighted by Crippen LogP contribution is 2.28. The first-order chi connectivity index (χ1) is 11.9. The third kappa shape index (κ3) is 2.59. The van der Waals surface area contributed by atoms with E-state index in [9.17, 15) is 5.26 Å². The summed E-state index contributed by atoms with van der Waals surface area (Å²) < 4.78 is 9.40. The summed E-state index contributed by atoms with van der Waals surface area (Å²) in [5.74, 6) is 0. The molecule has 0 spiro atoms. The third-order valence-electron chi connectivity index (χ3n) is 4.22. The monoisotopic (exact) mass is 319 g/mol. The molecule has 1 atom stereocenters. The lowest BCUT2D eigenvalue weighted by molar-refractivity contribution is -0.0394. The fourth-order valence-electron chi connectivity index (χ4n) is 3.02. The van der Waals surface area contributed by atoms with E-state index in [2.05, 4.69) is 16.3 Å². The van der Waals surface area contributed by atoms with Crippen molar-refractivity contribution >= 4 is 0 Å². The number of rotatable bonds is 3. The van der Waals surface area contributed by atoms with Crippen LogP contribution in [0.3, 0.4) is 0 Å². The molecule has 0 aliphatic carbocycles. The Kier molecular flexibility index (Phi) is 3.85. The van der Waals surface area contributed by atoms with Crippen LogP contribution in [0.15, 0.2) is 48.9 Å². The summed E-state index contributed by atoms with van der Waals surface area (Å²) in [6.45, 7) is 0.769. The second-order valence-electron chi connectivity index (χ2n) is 5.80. The molecule has 0 amide bonds. The maximum atomic E-state index is 9.44. The summed E-state index contributed by atoms with van der Waals surface area (Å²) in [4.78, 5) is 0. The normalized spacial score (nSPS) is 17.5. The fourth-order valence-corrected chi connectivity index (χ4v) is 3.02. The second-order valence-corrected chi connectivity index (χ2v) is 5.80. The molecule has 4 rings (SSSR count). The quantitative estimate of drug-likeness (QED) is 0.742. The Morgan fingerprint density at radius 3 is 2.75 bits per heavy atom. The van der Waals surface area contributed by atoms with Crippen molar-refractivity contribution in [1.82, 2.24) is 19.6 Å². The molecule has 1 aliphatic rings. The summed E-state index contributed by atoms with van der Waals surface area (Å²) >= 11 is 0. The molecule has 2 aromatic heterocycles. The van der Waals surface area contributed by atoms with Crippen molar-refractivity contribution < 1.29 is 4.74 Å². The van der Waals surface area contributed by atoms with Gasteiger partial charge in [-0.05, 0) is 31.4 Å². The smallest absolute Gasteiger partial charge is 0.150 e. The van der Waals surface area contributed by atoms with Crippen LogP contribution >= 0.6 is 0 Å². The van der Waals surface area contributed by atoms with Gasteiger partial charge in [-0.3, -0.25) is 0 Å². The first-order valence-corrected chi connectivity index (χ1v) is 8.06. The van der Waals surface area contributed by atoms with Crippen molar-refractivity contribution in [3.05, 3.63) is 54.5 Å². The lowest BCUT2D eigenvalue weighted by atomic mass is 10.1. The van der Waals surface area contributed by atoms with E-state index in [4.69, 9.17) is 4.74 Å². The number of hydrogen-bond acceptors (Lipinski definition) is 4. The molecule has 1 fully saturated rings. The van der Waals surface area contributed by atoms with Crippen molar-refractivity contribution in [3.8, 4) is 23.0 Å². The predicted molar refractivity (Wildman–Crippen MR) is 88.3 cm³/mol. The SMILES string of the molecule is N#Cc1cnn(-c2ccccc2)c1-c1cnn(C2CCCCO2)c1. The molecule has 120 valence electrons. The van der Waals surface area contributed by atoms with Crippen LogP contribution in [0.4, 0.5) is 0 Å². The standard InChI is InChI=1S/C18H17N5O/c19-10-14-11-21-23(16-6-2-1-3-7-16)18(14)15-12-20-22(13-15)17-8-4-5-9-24-17/h1-3,6-7,11-13,17H,4-5,8-9H2. The average Bonchev–Trinajstić information content (AvgIpc) is 3.29. The van der Waals surface area contributed by atoms with Gasteiger partial charge in [-0.25, -0.2) is 9.36 Å². The minimum Gasteiger partial charge on any atom is -0.357 e. The number of nitrogens with zero attached hydrogens (tertiary/aromatic N) is 5. The van der Waals surface area contributed by atoms with Crippen molar-refractivity contribution in [3.63, 3.8) is 0 Å². The van der Waals surface area contributed by atoms with Gasteiger partial charge in [-0.1, -0.05) is 18.2 Å². The molecule has 3 aromatic rings. The molecule has 6 nitrogen and oxygen atoms in total. The van der Waals surface area contributed by atoms with Crippen molar-refractivity contribution in [2.75, 3.05) is 6.61 Å². The summed E-state index contributed by atoms with van der Waals surface area (Å²) in [7, 11) is 0. The van der Waals surface area contributed by atoms with Gasteiger partial charge < -0.3 is 4.74 Å². The Balaban J connectivity index is 1.75. The molecular weight excluding hydrogens is 302 g/mol. The molecule has 0 N–H and O–H groups in total. The second kappa shape index (κ2) is 6.30. The van der Waals surface area contributed by atoms with Crippen molar-refractivity contribution in [1.29, 1.82) is 5.26 Å². The zero-order valence-corrected chi connectivity index (χ0v) is 13.2. The van der Waals surface area contributed by atoms with E-state index < -0.39 is 0 Å². The Labute approximate surface area is 139 Å². The predicted octanol–water partition coefficient (Wildman–Crippen LogP) is 3.31. The van der Waals surface area contributed by atoms with Crippen LogP contribution in [0.2, 0.25) is 0 Å². The first kappa shape index (κ1) is 14.7. The molecule has 1 unspecified atom stereocenters. The van der Waals surface area contributed by atoms with Crippen LogP contribution in [0.5, 0.6) is 0 Å². The van der Waals surface area contributed by atoms with Crippen LogP contribution in [0, 0.1) is 11.3 Å². The number of benzene rings is 1. The van der Waals surface area contributed by atoms with Crippen molar-refractivity contribution in [2.24, 2.45) is 0 Å². The third-order valence-corrected chi connectivity index (χ3v) is 4.22. The van der Waals surface area contributed by atoms with E-state index in [0.29, 0.717) is 5.56 Å². The van der Waals surface area contributed by atoms with E-state index in [0.717, 1.165) is 42.8 Å². The van der Waals surface area contributed by atoms with Crippen LogP contribution < -0.4 is 0 Å². The number of hydrogen-bond donors (Lipinski definition) is 0. The lowest BCUT2D eigenvalue weighted by Crippen LogP contribution is -2.18. The van der Waals surface area contributed by atoms with Crippen LogP contribution in [-0.2, 0) is 4.74 Å². The minimum atomic E-state index is -0.0221. The van der Waals surface area contributed by atoms with E-state index in [1.807, 2.05) is 41.2 Å². The molecule has 3 heterocycles. The Hall–Kier alpha value is -2.91. The molecule has 1 aromatic carbocycles. The number of para-hydroxylation sites is 1. The van der Waals surface area contributed by atoms with Gasteiger partial charge >= 0.3 is 0 Å². The zero-order chi connectivity index (χ0) is 16.4. The van der Waals surface area contributed by atoms with Gasteiger partial charge in [0.2, 0.25) is 0 Å². The van der Waals surface area contributed by atoms with Gasteiger partial charge in [0.05, 0.1) is 29.3 Å². The van der Waals surface area contributed by atoms with Crippen LogP contribution in [-0.4, -0.2) is 26.2 Å². The molecule has 0 saturated carbocycles. The molecular formula is C18H17N5O. The van der Waals surface area contributed by atoms with Gasteiger partial charge in [-0.2, -0.15) is 15.5 Å². The molecule has 0 radical (unpaired) electrons.